The molecule has 1 aliphatic rings. The normalized spacial score (nSPS) is 19.9. The molecule has 1 atom stereocenters. The van der Waals surface area contributed by atoms with Gasteiger partial charge in [-0.3, -0.25) is 4.79 Å². The van der Waals surface area contributed by atoms with Crippen LogP contribution in [-0.2, 0) is 14.3 Å². The fourth-order valence-corrected chi connectivity index (χ4v) is 1.74. The molecule has 0 aliphatic carbocycles. The third kappa shape index (κ3) is 3.41. The van der Waals surface area contributed by atoms with E-state index in [4.69, 9.17) is 15.6 Å². The number of aliphatic carboxylic acids is 1. The molecule has 1 aliphatic heterocycles. The van der Waals surface area contributed by atoms with Crippen molar-refractivity contribution in [2.45, 2.75) is 32.4 Å². The van der Waals surface area contributed by atoms with E-state index >= 15 is 0 Å². The van der Waals surface area contributed by atoms with Crippen LogP contribution in [0.5, 0.6) is 0 Å². The Morgan fingerprint density at radius 3 is 2.41 bits per heavy atom. The van der Waals surface area contributed by atoms with Crippen LogP contribution in [0.25, 0.3) is 0 Å². The lowest BCUT2D eigenvalue weighted by Crippen LogP contribution is -2.66. The van der Waals surface area contributed by atoms with Crippen molar-refractivity contribution in [3.63, 3.8) is 0 Å². The van der Waals surface area contributed by atoms with Crippen molar-refractivity contribution in [3.05, 3.63) is 0 Å². The van der Waals surface area contributed by atoms with Crippen LogP contribution in [0, 0.1) is 5.92 Å². The number of carbonyl (C=O) groups is 2. The number of nitrogens with zero attached hydrogens (tertiary/aromatic N) is 1. The Labute approximate surface area is 101 Å². The van der Waals surface area contributed by atoms with E-state index in [1.165, 1.54) is 0 Å². The molecule has 0 unspecified atom stereocenters. The Bertz CT molecular complexity index is 311. The van der Waals surface area contributed by atoms with Gasteiger partial charge in [-0.2, -0.15) is 0 Å². The Balaban J connectivity index is 2.40. The van der Waals surface area contributed by atoms with E-state index in [0.717, 1.165) is 0 Å². The van der Waals surface area contributed by atoms with Gasteiger partial charge in [0.05, 0.1) is 19.1 Å². The molecule has 98 valence electrons. The molecular formula is C11H20N2O4. The first kappa shape index (κ1) is 13.9. The third-order valence-electron chi connectivity index (χ3n) is 2.91. The Morgan fingerprint density at radius 2 is 2.00 bits per heavy atom. The number of hydrogen-bond acceptors (Lipinski definition) is 4. The van der Waals surface area contributed by atoms with Crippen LogP contribution in [0.2, 0.25) is 0 Å². The molecule has 0 bridgehead atoms. The molecule has 1 heterocycles. The number of carboxylic acids is 1. The van der Waals surface area contributed by atoms with Crippen molar-refractivity contribution >= 4 is 11.9 Å². The minimum atomic E-state index is -1.00. The highest BCUT2D eigenvalue weighted by atomic mass is 16.5. The first-order valence-electron chi connectivity index (χ1n) is 5.65. The number of rotatable bonds is 5. The van der Waals surface area contributed by atoms with E-state index in [9.17, 15) is 9.59 Å². The third-order valence-corrected chi connectivity index (χ3v) is 2.91. The molecule has 0 spiro atoms. The van der Waals surface area contributed by atoms with Gasteiger partial charge in [0, 0.05) is 0 Å². The molecule has 0 radical (unpaired) electrons. The van der Waals surface area contributed by atoms with Gasteiger partial charge < -0.3 is 20.5 Å². The van der Waals surface area contributed by atoms with Gasteiger partial charge in [0.1, 0.15) is 12.2 Å². The van der Waals surface area contributed by atoms with E-state index in [2.05, 4.69) is 0 Å². The summed E-state index contributed by atoms with van der Waals surface area (Å²) in [6, 6.07) is -0.501. The summed E-state index contributed by atoms with van der Waals surface area (Å²) in [4.78, 5) is 23.8. The molecule has 6 nitrogen and oxygen atoms in total. The predicted molar refractivity (Wildman–Crippen MR) is 61.4 cm³/mol. The molecule has 1 fully saturated rings. The predicted octanol–water partition coefficient (Wildman–Crippen LogP) is -0.328. The van der Waals surface area contributed by atoms with Gasteiger partial charge in [0.2, 0.25) is 5.91 Å². The topological polar surface area (TPSA) is 92.9 Å². The molecular weight excluding hydrogens is 224 g/mol. The quantitative estimate of drug-likeness (QED) is 0.691. The van der Waals surface area contributed by atoms with Gasteiger partial charge in [-0.15, -0.1) is 0 Å². The van der Waals surface area contributed by atoms with Crippen LogP contribution in [0.1, 0.15) is 20.8 Å². The SMILES string of the molecule is CC(C)[C@H](N)C(=O)N1CC(C)(OCC(=O)O)C1. The summed E-state index contributed by atoms with van der Waals surface area (Å²) >= 11 is 0. The number of likely N-dealkylation sites (tertiary alicyclic amines) is 1. The monoisotopic (exact) mass is 244 g/mol. The maximum absolute atomic E-state index is 11.8. The van der Waals surface area contributed by atoms with Gasteiger partial charge in [-0.05, 0) is 12.8 Å². The minimum absolute atomic E-state index is 0.0919. The van der Waals surface area contributed by atoms with E-state index < -0.39 is 17.6 Å². The smallest absolute Gasteiger partial charge is 0.329 e. The van der Waals surface area contributed by atoms with Gasteiger partial charge in [-0.25, -0.2) is 4.79 Å². The average Bonchev–Trinajstić information content (AvgIpc) is 2.20. The zero-order valence-corrected chi connectivity index (χ0v) is 10.5. The molecule has 1 amide bonds. The summed E-state index contributed by atoms with van der Waals surface area (Å²) in [5.74, 6) is -1.01. The van der Waals surface area contributed by atoms with Gasteiger partial charge in [0.25, 0.3) is 0 Å². The molecule has 1 saturated heterocycles. The fraction of sp³-hybridized carbons (Fsp3) is 0.818. The summed E-state index contributed by atoms with van der Waals surface area (Å²) in [5, 5.41) is 8.51. The van der Waals surface area contributed by atoms with Crippen molar-refractivity contribution in [3.8, 4) is 0 Å². The first-order chi connectivity index (χ1) is 7.75. The van der Waals surface area contributed by atoms with Crippen molar-refractivity contribution in [2.75, 3.05) is 19.7 Å². The summed E-state index contributed by atoms with van der Waals surface area (Å²) in [6.07, 6.45) is 0. The number of ether oxygens (including phenoxy) is 1. The average molecular weight is 244 g/mol. The number of amides is 1. The zero-order chi connectivity index (χ0) is 13.2. The molecule has 0 aromatic carbocycles. The van der Waals surface area contributed by atoms with Crippen LogP contribution in [-0.4, -0.2) is 53.2 Å². The summed E-state index contributed by atoms with van der Waals surface area (Å²) in [7, 11) is 0. The van der Waals surface area contributed by atoms with E-state index in [1.807, 2.05) is 13.8 Å². The summed E-state index contributed by atoms with van der Waals surface area (Å²) < 4.78 is 5.21. The van der Waals surface area contributed by atoms with Crippen LogP contribution in [0.4, 0.5) is 0 Å². The molecule has 17 heavy (non-hydrogen) atoms. The van der Waals surface area contributed by atoms with Crippen LogP contribution in [0.3, 0.4) is 0 Å². The highest BCUT2D eigenvalue weighted by Crippen LogP contribution is 2.25. The summed E-state index contributed by atoms with van der Waals surface area (Å²) in [5.41, 5.74) is 5.20. The fourth-order valence-electron chi connectivity index (χ4n) is 1.74. The number of nitrogens with two attached hydrogens (primary N) is 1. The second kappa shape index (κ2) is 5.01. The first-order valence-corrected chi connectivity index (χ1v) is 5.65. The van der Waals surface area contributed by atoms with Gasteiger partial charge in [0.15, 0.2) is 0 Å². The minimum Gasteiger partial charge on any atom is -0.480 e. The molecule has 0 saturated carbocycles. The molecule has 0 aromatic heterocycles. The van der Waals surface area contributed by atoms with Crippen LogP contribution in [0.15, 0.2) is 0 Å². The van der Waals surface area contributed by atoms with Crippen LogP contribution < -0.4 is 5.73 Å². The lowest BCUT2D eigenvalue weighted by molar-refractivity contribution is -0.174. The lowest BCUT2D eigenvalue weighted by Gasteiger charge is -2.48. The largest absolute Gasteiger partial charge is 0.480 e. The second-order valence-electron chi connectivity index (χ2n) is 5.10. The molecule has 3 N–H and O–H groups in total. The summed E-state index contributed by atoms with van der Waals surface area (Å²) in [6.45, 7) is 6.04. The Kier molecular flexibility index (Phi) is 4.11. The van der Waals surface area contributed by atoms with Crippen LogP contribution >= 0.6 is 0 Å². The maximum atomic E-state index is 11.8. The molecule has 0 aromatic rings. The Hall–Kier alpha value is -1.14. The van der Waals surface area contributed by atoms with E-state index in [-0.39, 0.29) is 18.4 Å². The lowest BCUT2D eigenvalue weighted by atomic mass is 9.93. The van der Waals surface area contributed by atoms with Crippen molar-refractivity contribution in [1.82, 2.24) is 4.90 Å². The molecule has 6 heteroatoms. The number of carboxylic acid groups (broad SMARTS) is 1. The van der Waals surface area contributed by atoms with Gasteiger partial charge >= 0.3 is 5.97 Å². The Morgan fingerprint density at radius 1 is 1.47 bits per heavy atom. The van der Waals surface area contributed by atoms with Gasteiger partial charge in [-0.1, -0.05) is 13.8 Å². The number of hydrogen-bond donors (Lipinski definition) is 2. The maximum Gasteiger partial charge on any atom is 0.329 e. The highest BCUT2D eigenvalue weighted by Gasteiger charge is 2.44. The second-order valence-corrected chi connectivity index (χ2v) is 5.10. The molecule has 1 rings (SSSR count). The van der Waals surface area contributed by atoms with E-state index in [0.29, 0.717) is 13.1 Å². The zero-order valence-electron chi connectivity index (χ0n) is 10.5. The van der Waals surface area contributed by atoms with E-state index in [1.54, 1.807) is 11.8 Å². The van der Waals surface area contributed by atoms with Crippen molar-refractivity contribution in [2.24, 2.45) is 11.7 Å². The standard InChI is InChI=1S/C11H20N2O4/c1-7(2)9(12)10(16)13-5-11(3,6-13)17-4-8(14)15/h7,9H,4-6,12H2,1-3H3,(H,14,15)/t9-/m0/s1. The van der Waals surface area contributed by atoms with Crippen molar-refractivity contribution in [1.29, 1.82) is 0 Å². The number of carbonyl (C=O) groups excluding carboxylic acids is 1. The van der Waals surface area contributed by atoms with Crippen molar-refractivity contribution < 1.29 is 19.4 Å². The highest BCUT2D eigenvalue weighted by molar-refractivity contribution is 5.83.